The van der Waals surface area contributed by atoms with Gasteiger partial charge in [-0.25, -0.2) is 0 Å². The first-order valence-electron chi connectivity index (χ1n) is 18.5. The molecular formula is C46H50O6. The van der Waals surface area contributed by atoms with Gasteiger partial charge in [-0.2, -0.15) is 0 Å². The molecule has 0 aliphatic carbocycles. The maximum Gasteiger partial charge on any atom is 0.134 e. The molecule has 0 radical (unpaired) electrons. The summed E-state index contributed by atoms with van der Waals surface area (Å²) in [6.07, 6.45) is 20.0. The number of allylic oxidation sites excluding steroid dienone is 4. The van der Waals surface area contributed by atoms with Crippen LogP contribution in [0.25, 0.3) is 0 Å². The van der Waals surface area contributed by atoms with Gasteiger partial charge in [0, 0.05) is 58.4 Å². The fourth-order valence-electron chi connectivity index (χ4n) is 6.74. The summed E-state index contributed by atoms with van der Waals surface area (Å²) in [7, 11) is 0. The van der Waals surface area contributed by atoms with Gasteiger partial charge < -0.3 is 28.4 Å². The van der Waals surface area contributed by atoms with E-state index >= 15 is 0 Å². The van der Waals surface area contributed by atoms with E-state index in [4.69, 9.17) is 28.4 Å². The summed E-state index contributed by atoms with van der Waals surface area (Å²) in [6.45, 7) is 10.4. The molecule has 6 heteroatoms. The molecule has 0 saturated carbocycles. The Kier molecular flexibility index (Phi) is 12.8. The quantitative estimate of drug-likeness (QED) is 0.0808. The average Bonchev–Trinajstić information content (AvgIpc) is 3.16. The number of benzene rings is 4. The van der Waals surface area contributed by atoms with E-state index in [2.05, 4.69) is 72.8 Å². The van der Waals surface area contributed by atoms with Gasteiger partial charge in [0.1, 0.15) is 46.0 Å². The van der Waals surface area contributed by atoms with E-state index in [1.807, 2.05) is 76.3 Å². The number of ether oxygens (including phenoxy) is 6. The molecule has 0 amide bonds. The Morgan fingerprint density at radius 3 is 0.885 bits per heavy atom. The van der Waals surface area contributed by atoms with Gasteiger partial charge in [-0.05, 0) is 77.6 Å². The first kappa shape index (κ1) is 36.4. The molecule has 4 aromatic rings. The van der Waals surface area contributed by atoms with Crippen LogP contribution < -0.4 is 28.4 Å². The number of hydrogen-bond acceptors (Lipinski definition) is 6. The minimum absolute atomic E-state index is 0.0998. The average molecular weight is 699 g/mol. The zero-order valence-electron chi connectivity index (χ0n) is 30.8. The van der Waals surface area contributed by atoms with E-state index in [9.17, 15) is 0 Å². The molecule has 0 N–H and O–H groups in total. The van der Waals surface area contributed by atoms with Crippen molar-refractivity contribution in [3.8, 4) is 46.0 Å². The predicted molar refractivity (Wildman–Crippen MR) is 209 cm³/mol. The van der Waals surface area contributed by atoms with Crippen LogP contribution in [-0.2, 0) is 0 Å². The van der Waals surface area contributed by atoms with Crippen LogP contribution in [0.5, 0.6) is 46.0 Å². The highest BCUT2D eigenvalue weighted by Crippen LogP contribution is 2.58. The Bertz CT molecular complexity index is 1640. The molecule has 0 fully saturated rings. The van der Waals surface area contributed by atoms with Crippen LogP contribution in [0, 0.1) is 0 Å². The minimum Gasteiger partial charge on any atom is -0.493 e. The molecule has 6 rings (SSSR count). The molecule has 0 saturated heterocycles. The molecule has 270 valence electrons. The van der Waals surface area contributed by atoms with Crippen molar-refractivity contribution in [2.75, 3.05) is 26.4 Å². The van der Waals surface area contributed by atoms with Crippen molar-refractivity contribution < 1.29 is 28.4 Å². The monoisotopic (exact) mass is 698 g/mol. The molecule has 52 heavy (non-hydrogen) atoms. The maximum absolute atomic E-state index is 6.71. The SMILES string of the molecule is CC=CCCOc1ccc2c(c1)Oc1cc(OCCC=CC)ccc1C2C1c2ccc(OCCC=CC)cc2Oc2cc(OCCC=CC)ccc21. The Labute approximate surface area is 309 Å². The smallest absolute Gasteiger partial charge is 0.134 e. The van der Waals surface area contributed by atoms with E-state index < -0.39 is 0 Å². The zero-order valence-corrected chi connectivity index (χ0v) is 30.8. The van der Waals surface area contributed by atoms with Crippen molar-refractivity contribution in [2.24, 2.45) is 0 Å². The van der Waals surface area contributed by atoms with Gasteiger partial charge in [0.2, 0.25) is 0 Å². The molecule has 4 aromatic carbocycles. The van der Waals surface area contributed by atoms with Crippen LogP contribution in [0.3, 0.4) is 0 Å². The van der Waals surface area contributed by atoms with Crippen LogP contribution in [-0.4, -0.2) is 26.4 Å². The molecule has 2 heterocycles. The van der Waals surface area contributed by atoms with E-state index in [1.165, 1.54) is 0 Å². The van der Waals surface area contributed by atoms with Crippen molar-refractivity contribution in [3.05, 3.63) is 144 Å². The third kappa shape index (κ3) is 8.74. The highest BCUT2D eigenvalue weighted by Gasteiger charge is 2.40. The Morgan fingerprint density at radius 1 is 0.404 bits per heavy atom. The molecule has 0 bridgehead atoms. The first-order valence-corrected chi connectivity index (χ1v) is 18.5. The molecule has 2 aliphatic heterocycles. The standard InChI is InChI=1S/C46H50O6/c1-5-9-13-25-47-33-17-21-37-41(29-33)51-42-30-34(48-26-14-10-6-2)18-22-38(42)45(37)46-39-23-19-35(49-27-15-11-7-3)31-43(39)52-44-32-36(20-24-40(44)46)50-28-16-12-8-4/h5-12,17-24,29-32,45-46H,13-16,25-28H2,1-4H3. The van der Waals surface area contributed by atoms with Gasteiger partial charge in [-0.3, -0.25) is 0 Å². The molecule has 0 aromatic heterocycles. The molecule has 2 aliphatic rings. The Balaban J connectivity index is 1.44. The molecular weight excluding hydrogens is 649 g/mol. The lowest BCUT2D eigenvalue weighted by atomic mass is 9.71. The molecule has 0 spiro atoms. The highest BCUT2D eigenvalue weighted by atomic mass is 16.5. The lowest BCUT2D eigenvalue weighted by Gasteiger charge is -2.38. The van der Waals surface area contributed by atoms with Crippen LogP contribution >= 0.6 is 0 Å². The summed E-state index contributed by atoms with van der Waals surface area (Å²) in [5, 5.41) is 0. The fraction of sp³-hybridized carbons (Fsp3) is 0.304. The molecule has 0 unspecified atom stereocenters. The highest BCUT2D eigenvalue weighted by molar-refractivity contribution is 5.65. The summed E-state index contributed by atoms with van der Waals surface area (Å²) < 4.78 is 38.0. The molecule has 0 atom stereocenters. The second kappa shape index (κ2) is 18.2. The lowest BCUT2D eigenvalue weighted by molar-refractivity contribution is 0.317. The number of fused-ring (bicyclic) bond motifs is 4. The largest absolute Gasteiger partial charge is 0.493 e. The zero-order chi connectivity index (χ0) is 36.1. The third-order valence-electron chi connectivity index (χ3n) is 9.21. The summed E-state index contributed by atoms with van der Waals surface area (Å²) in [5.74, 6) is 5.99. The predicted octanol–water partition coefficient (Wildman–Crippen LogP) is 12.2. The summed E-state index contributed by atoms with van der Waals surface area (Å²) in [5.41, 5.74) is 4.32. The van der Waals surface area contributed by atoms with Crippen molar-refractivity contribution >= 4 is 0 Å². The second-order valence-corrected chi connectivity index (χ2v) is 12.8. The van der Waals surface area contributed by atoms with Gasteiger partial charge >= 0.3 is 0 Å². The van der Waals surface area contributed by atoms with Crippen LogP contribution in [0.1, 0.15) is 87.5 Å². The Morgan fingerprint density at radius 2 is 0.654 bits per heavy atom. The Hall–Kier alpha value is -5.36. The summed E-state index contributed by atoms with van der Waals surface area (Å²) in [6, 6.07) is 24.9. The second-order valence-electron chi connectivity index (χ2n) is 12.8. The van der Waals surface area contributed by atoms with Crippen LogP contribution in [0.15, 0.2) is 121 Å². The van der Waals surface area contributed by atoms with Crippen molar-refractivity contribution in [3.63, 3.8) is 0 Å². The lowest BCUT2D eigenvalue weighted by Crippen LogP contribution is -2.22. The minimum atomic E-state index is -0.0998. The van der Waals surface area contributed by atoms with E-state index in [-0.39, 0.29) is 11.8 Å². The van der Waals surface area contributed by atoms with E-state index in [0.29, 0.717) is 26.4 Å². The molecule has 6 nitrogen and oxygen atoms in total. The van der Waals surface area contributed by atoms with Crippen molar-refractivity contribution in [1.82, 2.24) is 0 Å². The maximum atomic E-state index is 6.71. The van der Waals surface area contributed by atoms with Gasteiger partial charge in [0.15, 0.2) is 0 Å². The number of hydrogen-bond donors (Lipinski definition) is 0. The number of rotatable bonds is 17. The third-order valence-corrected chi connectivity index (χ3v) is 9.21. The normalized spacial score (nSPS) is 15.9. The van der Waals surface area contributed by atoms with Crippen LogP contribution in [0.4, 0.5) is 0 Å². The topological polar surface area (TPSA) is 55.4 Å². The van der Waals surface area contributed by atoms with Crippen molar-refractivity contribution in [2.45, 2.75) is 65.2 Å². The van der Waals surface area contributed by atoms with E-state index in [0.717, 1.165) is 93.9 Å². The summed E-state index contributed by atoms with van der Waals surface area (Å²) in [4.78, 5) is 0. The van der Waals surface area contributed by atoms with Crippen LogP contribution in [0.2, 0.25) is 0 Å². The van der Waals surface area contributed by atoms with E-state index in [1.54, 1.807) is 0 Å². The van der Waals surface area contributed by atoms with Gasteiger partial charge in [0.25, 0.3) is 0 Å². The van der Waals surface area contributed by atoms with Gasteiger partial charge in [-0.15, -0.1) is 0 Å². The fourth-order valence-corrected chi connectivity index (χ4v) is 6.74. The van der Waals surface area contributed by atoms with Crippen molar-refractivity contribution in [1.29, 1.82) is 0 Å². The summed E-state index contributed by atoms with van der Waals surface area (Å²) >= 11 is 0. The van der Waals surface area contributed by atoms with Gasteiger partial charge in [0.05, 0.1) is 26.4 Å². The first-order chi connectivity index (χ1) is 25.6. The van der Waals surface area contributed by atoms with Gasteiger partial charge in [-0.1, -0.05) is 72.9 Å².